The first kappa shape index (κ1) is 17.2. The van der Waals surface area contributed by atoms with Crippen molar-refractivity contribution in [2.45, 2.75) is 51.6 Å². The van der Waals surface area contributed by atoms with Crippen LogP contribution >= 0.6 is 0 Å². The van der Waals surface area contributed by atoms with E-state index >= 15 is 0 Å². The van der Waals surface area contributed by atoms with Crippen molar-refractivity contribution in [3.05, 3.63) is 35.4 Å². The highest BCUT2D eigenvalue weighted by Gasteiger charge is 2.50. The lowest BCUT2D eigenvalue weighted by Crippen LogP contribution is -3.13. The smallest absolute Gasteiger partial charge is 0.313 e. The van der Waals surface area contributed by atoms with Crippen LogP contribution in [-0.4, -0.2) is 46.9 Å². The highest BCUT2D eigenvalue weighted by molar-refractivity contribution is 6.44. The molecule has 6 nitrogen and oxygen atoms in total. The second kappa shape index (κ2) is 6.83. The first-order valence-electron chi connectivity index (χ1n) is 9.65. The van der Waals surface area contributed by atoms with Crippen LogP contribution in [0, 0.1) is 5.92 Å². The van der Waals surface area contributed by atoms with Gasteiger partial charge in [0.15, 0.2) is 6.67 Å². The van der Waals surface area contributed by atoms with Crippen LogP contribution in [0.3, 0.4) is 0 Å². The normalized spacial score (nSPS) is 29.3. The van der Waals surface area contributed by atoms with E-state index in [9.17, 15) is 14.4 Å². The summed E-state index contributed by atoms with van der Waals surface area (Å²) in [5, 5.41) is 0. The van der Waals surface area contributed by atoms with Gasteiger partial charge in [0.2, 0.25) is 0 Å². The fourth-order valence-corrected chi connectivity index (χ4v) is 4.64. The maximum atomic E-state index is 12.9. The van der Waals surface area contributed by atoms with Crippen molar-refractivity contribution in [2.75, 3.05) is 13.2 Å². The molecule has 1 N–H and O–H groups in total. The quantitative estimate of drug-likeness (QED) is 0.648. The Labute approximate surface area is 153 Å². The number of rotatable bonds is 3. The van der Waals surface area contributed by atoms with Crippen molar-refractivity contribution in [1.29, 1.82) is 0 Å². The number of carbonyl (C=O) groups excluding carboxylic acids is 3. The predicted octanol–water partition coefficient (Wildman–Crippen LogP) is 0.955. The number of hydrogen-bond donors (Lipinski definition) is 1. The average molecular weight is 356 g/mol. The maximum Gasteiger partial charge on any atom is 0.338 e. The molecule has 2 aliphatic heterocycles. The van der Waals surface area contributed by atoms with Crippen LogP contribution in [0.5, 0.6) is 0 Å². The molecular formula is C20H26N3O3+. The van der Waals surface area contributed by atoms with Crippen molar-refractivity contribution in [1.82, 2.24) is 9.80 Å². The summed E-state index contributed by atoms with van der Waals surface area (Å²) in [5.74, 6) is -1.02. The molecule has 0 bridgehead atoms. The number of quaternary nitrogens is 1. The number of nitrogens with zero attached hydrogens (tertiary/aromatic N) is 2. The maximum absolute atomic E-state index is 12.9. The second-order valence-corrected chi connectivity index (χ2v) is 7.87. The van der Waals surface area contributed by atoms with Crippen LogP contribution in [0.25, 0.3) is 0 Å². The van der Waals surface area contributed by atoms with Gasteiger partial charge in [0.25, 0.3) is 0 Å². The Bertz CT molecular complexity index is 748. The predicted molar refractivity (Wildman–Crippen MR) is 95.1 cm³/mol. The third-order valence-corrected chi connectivity index (χ3v) is 6.17. The first-order chi connectivity index (χ1) is 12.6. The number of benzene rings is 1. The van der Waals surface area contributed by atoms with E-state index in [1.54, 1.807) is 0 Å². The van der Waals surface area contributed by atoms with Crippen molar-refractivity contribution < 1.29 is 19.3 Å². The summed E-state index contributed by atoms with van der Waals surface area (Å²) in [6.45, 7) is 3.99. The van der Waals surface area contributed by atoms with E-state index < -0.39 is 17.8 Å². The van der Waals surface area contributed by atoms with Gasteiger partial charge in [-0.1, -0.05) is 44.0 Å². The number of urea groups is 1. The fourth-order valence-electron chi connectivity index (χ4n) is 4.64. The molecule has 1 aliphatic carbocycles. The molecular weight excluding hydrogens is 330 g/mol. The van der Waals surface area contributed by atoms with Crippen molar-refractivity contribution >= 4 is 17.8 Å². The minimum absolute atomic E-state index is 0.130. The van der Waals surface area contributed by atoms with Gasteiger partial charge < -0.3 is 4.90 Å². The highest BCUT2D eigenvalue weighted by Crippen LogP contribution is 2.31. The molecule has 2 fully saturated rings. The Balaban J connectivity index is 1.48. The van der Waals surface area contributed by atoms with E-state index in [2.05, 4.69) is 19.1 Å². The molecule has 0 radical (unpaired) electrons. The van der Waals surface area contributed by atoms with E-state index in [4.69, 9.17) is 0 Å². The molecule has 138 valence electrons. The van der Waals surface area contributed by atoms with Gasteiger partial charge in [-0.25, -0.2) is 9.69 Å². The van der Waals surface area contributed by atoms with Gasteiger partial charge in [-0.2, -0.15) is 0 Å². The number of carbonyl (C=O) groups is 3. The lowest BCUT2D eigenvalue weighted by atomic mass is 9.85. The van der Waals surface area contributed by atoms with Crippen LogP contribution in [0.15, 0.2) is 24.3 Å². The third kappa shape index (κ3) is 2.92. The zero-order valence-corrected chi connectivity index (χ0v) is 15.2. The van der Waals surface area contributed by atoms with Crippen LogP contribution in [0.1, 0.15) is 43.7 Å². The molecule has 26 heavy (non-hydrogen) atoms. The van der Waals surface area contributed by atoms with Gasteiger partial charge in [-0.05, 0) is 24.3 Å². The molecule has 1 aromatic carbocycles. The minimum Gasteiger partial charge on any atom is -0.313 e. The van der Waals surface area contributed by atoms with Crippen LogP contribution in [-0.2, 0) is 22.6 Å². The van der Waals surface area contributed by atoms with Gasteiger partial charge in [0.05, 0.1) is 6.54 Å². The molecule has 4 amide bonds. The summed E-state index contributed by atoms with van der Waals surface area (Å²) in [4.78, 5) is 41.5. The SMILES string of the molecule is C[C@H]1CCCC[C@H]1N1C(=O)C(=O)N(C[NH+]2CCc3ccccc3C2)C1=O. The summed E-state index contributed by atoms with van der Waals surface area (Å²) < 4.78 is 0. The van der Waals surface area contributed by atoms with Gasteiger partial charge >= 0.3 is 17.8 Å². The summed E-state index contributed by atoms with van der Waals surface area (Å²) in [6, 6.07) is 7.75. The second-order valence-electron chi connectivity index (χ2n) is 7.87. The molecule has 4 rings (SSSR count). The zero-order chi connectivity index (χ0) is 18.3. The standard InChI is InChI=1S/C20H25N3O3/c1-14-6-2-5-9-17(14)23-19(25)18(24)22(20(23)26)13-21-11-10-15-7-3-4-8-16(15)12-21/h3-4,7-8,14,17H,2,5-6,9-13H2,1H3/p+1/t14-,17+/m0/s1. The largest absolute Gasteiger partial charge is 0.338 e. The lowest BCUT2D eigenvalue weighted by molar-refractivity contribution is -0.923. The summed E-state index contributed by atoms with van der Waals surface area (Å²) in [6.07, 6.45) is 4.88. The lowest BCUT2D eigenvalue weighted by Gasteiger charge is -2.34. The van der Waals surface area contributed by atoms with Gasteiger partial charge in [-0.3, -0.25) is 14.5 Å². The summed E-state index contributed by atoms with van der Waals surface area (Å²) in [5.41, 5.74) is 2.60. The first-order valence-corrected chi connectivity index (χ1v) is 9.65. The van der Waals surface area contributed by atoms with Crippen LogP contribution in [0.4, 0.5) is 4.79 Å². The van der Waals surface area contributed by atoms with Crippen LogP contribution < -0.4 is 4.90 Å². The highest BCUT2D eigenvalue weighted by atomic mass is 16.2. The molecule has 0 spiro atoms. The number of amides is 4. The molecule has 1 saturated carbocycles. The van der Waals surface area contributed by atoms with E-state index in [-0.39, 0.29) is 18.6 Å². The Morgan fingerprint density at radius 3 is 2.54 bits per heavy atom. The molecule has 0 aromatic heterocycles. The Morgan fingerprint density at radius 2 is 1.77 bits per heavy atom. The molecule has 1 aromatic rings. The molecule has 1 saturated heterocycles. The van der Waals surface area contributed by atoms with E-state index in [0.717, 1.165) is 50.1 Å². The Hall–Kier alpha value is -2.21. The third-order valence-electron chi connectivity index (χ3n) is 6.17. The molecule has 6 heteroatoms. The number of hydrogen-bond acceptors (Lipinski definition) is 3. The van der Waals surface area contributed by atoms with Gasteiger partial charge in [0.1, 0.15) is 6.54 Å². The van der Waals surface area contributed by atoms with Crippen LogP contribution in [0.2, 0.25) is 0 Å². The average Bonchev–Trinajstić information content (AvgIpc) is 2.86. The number of imide groups is 2. The number of nitrogens with one attached hydrogen (secondary N) is 1. The molecule has 3 atom stereocenters. The van der Waals surface area contributed by atoms with E-state index in [1.807, 2.05) is 12.1 Å². The zero-order valence-electron chi connectivity index (χ0n) is 15.2. The van der Waals surface area contributed by atoms with E-state index in [0.29, 0.717) is 0 Å². The Morgan fingerprint density at radius 1 is 1.04 bits per heavy atom. The van der Waals surface area contributed by atoms with Crippen molar-refractivity contribution in [3.63, 3.8) is 0 Å². The molecule has 3 aliphatic rings. The fraction of sp³-hybridized carbons (Fsp3) is 0.550. The topological polar surface area (TPSA) is 62.1 Å². The van der Waals surface area contributed by atoms with Gasteiger partial charge in [-0.15, -0.1) is 0 Å². The van der Waals surface area contributed by atoms with Crippen molar-refractivity contribution in [3.8, 4) is 0 Å². The number of fused-ring (bicyclic) bond motifs is 1. The Kier molecular flexibility index (Phi) is 4.53. The van der Waals surface area contributed by atoms with Gasteiger partial charge in [0, 0.05) is 18.0 Å². The minimum atomic E-state index is -0.654. The summed E-state index contributed by atoms with van der Waals surface area (Å²) >= 11 is 0. The molecule has 2 heterocycles. The molecule has 1 unspecified atom stereocenters. The summed E-state index contributed by atoms with van der Waals surface area (Å²) in [7, 11) is 0. The monoisotopic (exact) mass is 356 g/mol. The van der Waals surface area contributed by atoms with E-state index in [1.165, 1.54) is 20.9 Å². The van der Waals surface area contributed by atoms with Crippen molar-refractivity contribution in [2.24, 2.45) is 5.92 Å².